The number of nitrogens with zero attached hydrogens (tertiary/aromatic N) is 4. The average Bonchev–Trinajstić information content (AvgIpc) is 2.74. The molecule has 0 radical (unpaired) electrons. The van der Waals surface area contributed by atoms with Gasteiger partial charge in [-0.05, 0) is 47.2 Å². The van der Waals surface area contributed by atoms with Gasteiger partial charge in [0, 0.05) is 49.5 Å². The van der Waals surface area contributed by atoms with Gasteiger partial charge < -0.3 is 10.2 Å². The maximum absolute atomic E-state index is 12.6. The standard InChI is InChI=1S/C24H28N4O2S/c1-17-9-19-13-25-3-4-26-14-20-10-18(2)12-22(24(20)30)16-28-6-8-31-7-5-27-15-21(11-17)23(19)29/h9-16,29-30H,3-8H2,1-2H3/p-2. The Hall–Kier alpha value is -2.93. The molecule has 162 valence electrons. The molecule has 4 bridgehead atoms. The van der Waals surface area contributed by atoms with Crippen LogP contribution in [0.3, 0.4) is 0 Å². The van der Waals surface area contributed by atoms with Crippen molar-refractivity contribution in [2.75, 3.05) is 37.7 Å². The highest BCUT2D eigenvalue weighted by Crippen LogP contribution is 2.20. The molecule has 0 aromatic heterocycles. The zero-order valence-electron chi connectivity index (χ0n) is 17.9. The van der Waals surface area contributed by atoms with E-state index >= 15 is 0 Å². The first kappa shape index (κ1) is 22.7. The van der Waals surface area contributed by atoms with Crippen LogP contribution in [0.1, 0.15) is 33.4 Å². The number of benzene rings is 2. The van der Waals surface area contributed by atoms with Gasteiger partial charge in [-0.25, -0.2) is 0 Å². The summed E-state index contributed by atoms with van der Waals surface area (Å²) in [5.74, 6) is 1.55. The lowest BCUT2D eigenvalue weighted by molar-refractivity contribution is -0.269. The van der Waals surface area contributed by atoms with E-state index in [1.165, 1.54) is 0 Å². The first-order valence-electron chi connectivity index (χ1n) is 10.2. The molecule has 3 rings (SSSR count). The number of hydrogen-bond donors (Lipinski definition) is 0. The summed E-state index contributed by atoms with van der Waals surface area (Å²) in [6.45, 7) is 6.03. The molecule has 0 amide bonds. The molecule has 2 aromatic rings. The minimum Gasteiger partial charge on any atom is -0.872 e. The Labute approximate surface area is 187 Å². The van der Waals surface area contributed by atoms with Crippen molar-refractivity contribution in [1.82, 2.24) is 0 Å². The monoisotopic (exact) mass is 434 g/mol. The predicted octanol–water partition coefficient (Wildman–Crippen LogP) is 2.57. The normalized spacial score (nSPS) is 15.5. The number of hydrogen-bond acceptors (Lipinski definition) is 7. The Morgan fingerprint density at radius 2 is 0.903 bits per heavy atom. The summed E-state index contributed by atoms with van der Waals surface area (Å²) in [5, 5.41) is 25.3. The van der Waals surface area contributed by atoms with Crippen LogP contribution < -0.4 is 10.2 Å². The van der Waals surface area contributed by atoms with Gasteiger partial charge in [0.25, 0.3) is 0 Å². The molecule has 0 spiro atoms. The third-order valence-corrected chi connectivity index (χ3v) is 5.53. The maximum Gasteiger partial charge on any atom is 0.0585 e. The summed E-state index contributed by atoms with van der Waals surface area (Å²) < 4.78 is 0. The van der Waals surface area contributed by atoms with E-state index in [4.69, 9.17) is 0 Å². The lowest BCUT2D eigenvalue weighted by atomic mass is 10.1. The molecule has 7 heteroatoms. The van der Waals surface area contributed by atoms with Crippen molar-refractivity contribution in [2.24, 2.45) is 20.0 Å². The molecule has 2 aromatic carbocycles. The fraction of sp³-hybridized carbons (Fsp3) is 0.333. The van der Waals surface area contributed by atoms with E-state index in [0.717, 1.165) is 22.6 Å². The molecule has 0 saturated heterocycles. The zero-order chi connectivity index (χ0) is 22.1. The average molecular weight is 435 g/mol. The molecule has 1 heterocycles. The second kappa shape index (κ2) is 11.5. The highest BCUT2D eigenvalue weighted by atomic mass is 32.2. The van der Waals surface area contributed by atoms with E-state index in [9.17, 15) is 10.2 Å². The molecule has 0 N–H and O–H groups in total. The predicted molar refractivity (Wildman–Crippen MR) is 128 cm³/mol. The highest BCUT2D eigenvalue weighted by Gasteiger charge is 2.00. The van der Waals surface area contributed by atoms with Crippen LogP contribution in [0.5, 0.6) is 11.5 Å². The van der Waals surface area contributed by atoms with Gasteiger partial charge in [0.1, 0.15) is 0 Å². The summed E-state index contributed by atoms with van der Waals surface area (Å²) >= 11 is 1.74. The fourth-order valence-corrected chi connectivity index (χ4v) is 3.82. The summed E-state index contributed by atoms with van der Waals surface area (Å²) in [7, 11) is 0. The number of thioether (sulfide) groups is 1. The maximum atomic E-state index is 12.6. The third-order valence-electron chi connectivity index (χ3n) is 4.59. The van der Waals surface area contributed by atoms with Crippen molar-refractivity contribution in [2.45, 2.75) is 13.8 Å². The number of fused-ring (bicyclic) bond motifs is 4. The molecule has 1 aliphatic heterocycles. The quantitative estimate of drug-likeness (QED) is 0.637. The Morgan fingerprint density at radius 1 is 0.581 bits per heavy atom. The van der Waals surface area contributed by atoms with E-state index in [1.54, 1.807) is 36.6 Å². The van der Waals surface area contributed by atoms with Crippen molar-refractivity contribution in [3.05, 3.63) is 57.6 Å². The highest BCUT2D eigenvalue weighted by molar-refractivity contribution is 7.99. The van der Waals surface area contributed by atoms with Crippen LogP contribution in [0, 0.1) is 13.8 Å². The molecule has 0 aliphatic carbocycles. The van der Waals surface area contributed by atoms with Crippen LogP contribution in [0.25, 0.3) is 0 Å². The van der Waals surface area contributed by atoms with E-state index in [0.29, 0.717) is 48.4 Å². The molecule has 0 unspecified atom stereocenters. The third kappa shape index (κ3) is 6.79. The molecule has 0 atom stereocenters. The van der Waals surface area contributed by atoms with Gasteiger partial charge in [0.05, 0.1) is 13.1 Å². The fourth-order valence-electron chi connectivity index (χ4n) is 3.15. The van der Waals surface area contributed by atoms with Gasteiger partial charge in [-0.2, -0.15) is 11.8 Å². The van der Waals surface area contributed by atoms with Crippen LogP contribution in [0.2, 0.25) is 0 Å². The lowest BCUT2D eigenvalue weighted by Crippen LogP contribution is -2.04. The van der Waals surface area contributed by atoms with E-state index in [2.05, 4.69) is 20.0 Å². The SMILES string of the molecule is Cc1cc2c([O-])c(c1)C=NCCSCCN=Cc1cc(C)cc(c1[O-])C=NCCN=C2. The number of aryl methyl sites for hydroxylation is 2. The van der Waals surface area contributed by atoms with Crippen molar-refractivity contribution in [1.29, 1.82) is 0 Å². The first-order valence-corrected chi connectivity index (χ1v) is 11.4. The van der Waals surface area contributed by atoms with Crippen LogP contribution in [0.15, 0.2) is 44.2 Å². The minimum atomic E-state index is -0.0715. The molecule has 0 fully saturated rings. The number of rotatable bonds is 0. The van der Waals surface area contributed by atoms with Gasteiger partial charge in [0.15, 0.2) is 0 Å². The Balaban J connectivity index is 1.83. The molecular weight excluding hydrogens is 408 g/mol. The van der Waals surface area contributed by atoms with Gasteiger partial charge in [-0.1, -0.05) is 35.8 Å². The number of aliphatic imine (C=N–C) groups is 4. The van der Waals surface area contributed by atoms with Crippen LogP contribution in [-0.2, 0) is 0 Å². The van der Waals surface area contributed by atoms with Crippen LogP contribution in [0.4, 0.5) is 0 Å². The summed E-state index contributed by atoms with van der Waals surface area (Å²) in [5.41, 5.74) is 4.24. The first-order chi connectivity index (χ1) is 15.0. The van der Waals surface area contributed by atoms with Crippen LogP contribution >= 0.6 is 11.8 Å². The summed E-state index contributed by atoms with van der Waals surface area (Å²) in [4.78, 5) is 17.5. The van der Waals surface area contributed by atoms with Crippen molar-refractivity contribution >= 4 is 36.6 Å². The molecule has 0 saturated carbocycles. The molecule has 6 nitrogen and oxygen atoms in total. The Kier molecular flexibility index (Phi) is 8.41. The largest absolute Gasteiger partial charge is 0.872 e. The van der Waals surface area contributed by atoms with Crippen LogP contribution in [-0.4, -0.2) is 62.5 Å². The van der Waals surface area contributed by atoms with E-state index in [-0.39, 0.29) is 11.5 Å². The smallest absolute Gasteiger partial charge is 0.0585 e. The zero-order valence-corrected chi connectivity index (χ0v) is 18.7. The van der Waals surface area contributed by atoms with E-state index < -0.39 is 0 Å². The second-order valence-electron chi connectivity index (χ2n) is 7.30. The summed E-state index contributed by atoms with van der Waals surface area (Å²) in [6, 6.07) is 7.36. The topological polar surface area (TPSA) is 95.6 Å². The van der Waals surface area contributed by atoms with Gasteiger partial charge in [-0.3, -0.25) is 20.0 Å². The Morgan fingerprint density at radius 3 is 1.26 bits per heavy atom. The second-order valence-corrected chi connectivity index (χ2v) is 8.52. The summed E-state index contributed by atoms with van der Waals surface area (Å²) in [6.07, 6.45) is 6.51. The van der Waals surface area contributed by atoms with Gasteiger partial charge >= 0.3 is 0 Å². The van der Waals surface area contributed by atoms with Crippen molar-refractivity contribution < 1.29 is 10.2 Å². The molecule has 31 heavy (non-hydrogen) atoms. The minimum absolute atomic E-state index is 0.0715. The molecular formula is C24H26N4O2S-2. The van der Waals surface area contributed by atoms with Gasteiger partial charge in [-0.15, -0.1) is 0 Å². The molecule has 1 aliphatic rings. The van der Waals surface area contributed by atoms with Gasteiger partial charge in [0.2, 0.25) is 0 Å². The lowest BCUT2D eigenvalue weighted by Gasteiger charge is -2.15. The van der Waals surface area contributed by atoms with E-state index in [1.807, 2.05) is 38.1 Å². The van der Waals surface area contributed by atoms with Crippen molar-refractivity contribution in [3.8, 4) is 11.5 Å². The Bertz CT molecular complexity index is 947. The van der Waals surface area contributed by atoms with Crippen molar-refractivity contribution in [3.63, 3.8) is 0 Å².